The van der Waals surface area contributed by atoms with Crippen LogP contribution in [0.1, 0.15) is 36.9 Å². The number of nitrogens with zero attached hydrogens (tertiary/aromatic N) is 1. The first-order chi connectivity index (χ1) is 8.75. The van der Waals surface area contributed by atoms with Crippen LogP contribution >= 0.6 is 0 Å². The third kappa shape index (κ3) is 1.17. The molecule has 1 unspecified atom stereocenters. The van der Waals surface area contributed by atoms with Crippen molar-refractivity contribution in [2.45, 2.75) is 38.6 Å². The fourth-order valence-electron chi connectivity index (χ4n) is 3.60. The largest absolute Gasteiger partial charge is 0.333 e. The van der Waals surface area contributed by atoms with Gasteiger partial charge >= 0.3 is 0 Å². The van der Waals surface area contributed by atoms with Crippen molar-refractivity contribution >= 4 is 17.7 Å². The Labute approximate surface area is 105 Å². The minimum atomic E-state index is 0.122. The van der Waals surface area contributed by atoms with E-state index in [1.807, 2.05) is 0 Å². The molecule has 1 atom stereocenters. The Hall–Kier alpha value is -1.77. The predicted molar refractivity (Wildman–Crippen MR) is 70.2 cm³/mol. The van der Waals surface area contributed by atoms with Crippen LogP contribution in [-0.2, 0) is 17.8 Å². The van der Waals surface area contributed by atoms with Crippen molar-refractivity contribution in [3.8, 4) is 0 Å². The number of aromatic nitrogens is 1. The van der Waals surface area contributed by atoms with Crippen molar-refractivity contribution in [3.63, 3.8) is 0 Å². The van der Waals surface area contributed by atoms with Crippen molar-refractivity contribution in [3.05, 3.63) is 34.0 Å². The summed E-state index contributed by atoms with van der Waals surface area (Å²) < 4.78 is 2.26. The Kier molecular flexibility index (Phi) is 1.91. The molecule has 0 bridgehead atoms. The van der Waals surface area contributed by atoms with Crippen LogP contribution < -0.4 is 15.9 Å². The lowest BCUT2D eigenvalue weighted by atomic mass is 10.0. The zero-order valence-corrected chi connectivity index (χ0v) is 10.5. The summed E-state index contributed by atoms with van der Waals surface area (Å²) in [4.78, 5) is 11.8. The van der Waals surface area contributed by atoms with Crippen LogP contribution in [0.2, 0.25) is 0 Å². The summed E-state index contributed by atoms with van der Waals surface area (Å²) in [5.74, 6) is 0.740. The molecule has 1 amide bonds. The van der Waals surface area contributed by atoms with Crippen molar-refractivity contribution in [1.82, 2.24) is 9.88 Å². The third-order valence-electron chi connectivity index (χ3n) is 4.36. The van der Waals surface area contributed by atoms with Gasteiger partial charge in [0.15, 0.2) is 0 Å². The molecule has 3 heteroatoms. The number of allylic oxidation sites excluding steroid dienone is 1. The summed E-state index contributed by atoms with van der Waals surface area (Å²) in [6.07, 6.45) is 9.62. The van der Waals surface area contributed by atoms with Crippen LogP contribution in [0.25, 0.3) is 11.8 Å². The molecule has 0 spiro atoms. The number of rotatable bonds is 0. The van der Waals surface area contributed by atoms with Gasteiger partial charge in [-0.1, -0.05) is 25.2 Å². The molecular formula is C15H16N2O. The molecule has 4 rings (SSSR count). The Balaban J connectivity index is 2.18. The molecule has 1 N–H and O–H groups in total. The Morgan fingerprint density at radius 3 is 3.22 bits per heavy atom. The molecule has 0 saturated carbocycles. The standard InChI is InChI=1S/C15H16N2O/c1-9-6-7-12-14(9)10-4-2-3-5-11-15(10)17(12)8-13(18)16-11/h2-4,9H,5-8H2,1H3,(H,16,18). The van der Waals surface area contributed by atoms with Gasteiger partial charge < -0.3 is 9.88 Å². The topological polar surface area (TPSA) is 34.0 Å². The highest BCUT2D eigenvalue weighted by atomic mass is 16.2. The number of carbonyl (C=O) groups is 1. The van der Waals surface area contributed by atoms with E-state index in [2.05, 4.69) is 35.0 Å². The number of nitrogens with one attached hydrogen (secondary N) is 1. The Morgan fingerprint density at radius 2 is 2.33 bits per heavy atom. The molecular weight excluding hydrogens is 224 g/mol. The molecule has 1 aromatic rings. The van der Waals surface area contributed by atoms with Crippen LogP contribution in [0.3, 0.4) is 0 Å². The molecule has 3 nitrogen and oxygen atoms in total. The van der Waals surface area contributed by atoms with Crippen molar-refractivity contribution in [1.29, 1.82) is 0 Å². The minimum Gasteiger partial charge on any atom is -0.333 e. The maximum absolute atomic E-state index is 11.8. The highest BCUT2D eigenvalue weighted by Crippen LogP contribution is 2.30. The lowest BCUT2D eigenvalue weighted by Crippen LogP contribution is -2.45. The third-order valence-corrected chi connectivity index (χ3v) is 4.36. The lowest BCUT2D eigenvalue weighted by Gasteiger charge is -2.17. The van der Waals surface area contributed by atoms with Crippen LogP contribution in [0.15, 0.2) is 12.2 Å². The van der Waals surface area contributed by atoms with E-state index >= 15 is 0 Å². The fourth-order valence-corrected chi connectivity index (χ4v) is 3.60. The van der Waals surface area contributed by atoms with Gasteiger partial charge in [-0.05, 0) is 24.3 Å². The summed E-state index contributed by atoms with van der Waals surface area (Å²) in [6, 6.07) is 0. The molecule has 92 valence electrons. The predicted octanol–water partition coefficient (Wildman–Crippen LogP) is 0.516. The normalized spacial score (nSPS) is 24.2. The number of amides is 1. The molecule has 2 heterocycles. The highest BCUT2D eigenvalue weighted by molar-refractivity contribution is 5.85. The smallest absolute Gasteiger partial charge is 0.244 e. The average Bonchev–Trinajstić information content (AvgIpc) is 2.77. The quantitative estimate of drug-likeness (QED) is 0.704. The van der Waals surface area contributed by atoms with Crippen LogP contribution in [0.4, 0.5) is 0 Å². The summed E-state index contributed by atoms with van der Waals surface area (Å²) in [5, 5.41) is 5.65. The van der Waals surface area contributed by atoms with E-state index in [1.54, 1.807) is 0 Å². The van der Waals surface area contributed by atoms with Crippen molar-refractivity contribution < 1.29 is 4.79 Å². The maximum Gasteiger partial charge on any atom is 0.244 e. The molecule has 0 aromatic carbocycles. The Morgan fingerprint density at radius 1 is 1.44 bits per heavy atom. The first-order valence-corrected chi connectivity index (χ1v) is 6.67. The van der Waals surface area contributed by atoms with Gasteiger partial charge in [0.1, 0.15) is 6.54 Å². The number of hydrogen-bond donors (Lipinski definition) is 1. The molecule has 3 aliphatic rings. The first kappa shape index (κ1) is 10.2. The zero-order valence-electron chi connectivity index (χ0n) is 10.5. The van der Waals surface area contributed by atoms with E-state index in [0.717, 1.165) is 18.5 Å². The Bertz CT molecular complexity index is 706. The molecule has 18 heavy (non-hydrogen) atoms. The van der Waals surface area contributed by atoms with Gasteiger partial charge in [0.05, 0.1) is 5.35 Å². The highest BCUT2D eigenvalue weighted by Gasteiger charge is 2.29. The fraction of sp³-hybridized carbons (Fsp3) is 0.400. The monoisotopic (exact) mass is 240 g/mol. The van der Waals surface area contributed by atoms with Gasteiger partial charge in [0, 0.05) is 23.0 Å². The van der Waals surface area contributed by atoms with Gasteiger partial charge in [-0.25, -0.2) is 0 Å². The van der Waals surface area contributed by atoms with E-state index in [0.29, 0.717) is 12.5 Å². The first-order valence-electron chi connectivity index (χ1n) is 6.67. The van der Waals surface area contributed by atoms with E-state index in [4.69, 9.17) is 0 Å². The zero-order chi connectivity index (χ0) is 12.3. The van der Waals surface area contributed by atoms with Crippen LogP contribution in [0, 0.1) is 0 Å². The number of carbonyl (C=O) groups excluding carboxylic acids is 1. The second kappa shape index (κ2) is 3.37. The summed E-state index contributed by atoms with van der Waals surface area (Å²) >= 11 is 0. The second-order valence-corrected chi connectivity index (χ2v) is 5.47. The van der Waals surface area contributed by atoms with Crippen LogP contribution in [0.5, 0.6) is 0 Å². The van der Waals surface area contributed by atoms with Gasteiger partial charge in [-0.15, -0.1) is 0 Å². The molecule has 0 saturated heterocycles. The van der Waals surface area contributed by atoms with Gasteiger partial charge in [-0.3, -0.25) is 4.79 Å². The molecule has 1 aliphatic heterocycles. The average molecular weight is 240 g/mol. The lowest BCUT2D eigenvalue weighted by molar-refractivity contribution is -0.120. The van der Waals surface area contributed by atoms with Crippen molar-refractivity contribution in [2.24, 2.45) is 0 Å². The maximum atomic E-state index is 11.8. The van der Waals surface area contributed by atoms with E-state index in [9.17, 15) is 4.79 Å². The van der Waals surface area contributed by atoms with E-state index in [1.165, 1.54) is 28.2 Å². The summed E-state index contributed by atoms with van der Waals surface area (Å²) in [6.45, 7) is 2.79. The van der Waals surface area contributed by atoms with Gasteiger partial charge in [-0.2, -0.15) is 0 Å². The van der Waals surface area contributed by atoms with E-state index < -0.39 is 0 Å². The molecule has 1 aromatic heterocycles. The summed E-state index contributed by atoms with van der Waals surface area (Å²) in [7, 11) is 0. The van der Waals surface area contributed by atoms with Gasteiger partial charge in [0.2, 0.25) is 5.91 Å². The van der Waals surface area contributed by atoms with Crippen LogP contribution in [-0.4, -0.2) is 10.5 Å². The van der Waals surface area contributed by atoms with E-state index in [-0.39, 0.29) is 5.91 Å². The SMILES string of the molecule is CC1CCc2c1c1c3n2CC(=O)NC=3CC=CC=1. The summed E-state index contributed by atoms with van der Waals surface area (Å²) in [5.41, 5.74) is 3.95. The van der Waals surface area contributed by atoms with Gasteiger partial charge in [0.25, 0.3) is 0 Å². The molecule has 0 radical (unpaired) electrons. The number of hydrogen-bond acceptors (Lipinski definition) is 1. The molecule has 0 fully saturated rings. The number of fused-ring (bicyclic) bond motifs is 3. The second-order valence-electron chi connectivity index (χ2n) is 5.47. The van der Waals surface area contributed by atoms with Crippen molar-refractivity contribution in [2.75, 3.05) is 0 Å². The minimum absolute atomic E-state index is 0.122. The molecule has 2 aliphatic carbocycles.